The zero-order valence-corrected chi connectivity index (χ0v) is 22.7. The molecule has 3 aliphatic heterocycles. The summed E-state index contributed by atoms with van der Waals surface area (Å²) in [6.45, 7) is 5.98. The van der Waals surface area contributed by atoms with Crippen LogP contribution in [-0.4, -0.2) is 89.5 Å². The zero-order valence-electron chi connectivity index (χ0n) is 21.9. The van der Waals surface area contributed by atoms with Crippen LogP contribution < -0.4 is 15.6 Å². The Balaban J connectivity index is 1.34. The van der Waals surface area contributed by atoms with Gasteiger partial charge in [0.25, 0.3) is 5.91 Å². The minimum Gasteiger partial charge on any atom is -0.349 e. The summed E-state index contributed by atoms with van der Waals surface area (Å²) in [5.41, 5.74) is 1.44. The number of hydrogen-bond donors (Lipinski definition) is 1. The van der Waals surface area contributed by atoms with E-state index in [2.05, 4.69) is 39.1 Å². The molecule has 0 aliphatic carbocycles. The van der Waals surface area contributed by atoms with Crippen LogP contribution in [0.1, 0.15) is 29.6 Å². The van der Waals surface area contributed by atoms with Crippen LogP contribution in [0.25, 0.3) is 26.1 Å². The molecule has 3 fully saturated rings. The summed E-state index contributed by atoms with van der Waals surface area (Å²) >= 11 is 1.48. The van der Waals surface area contributed by atoms with Crippen molar-refractivity contribution in [2.75, 3.05) is 58.3 Å². The van der Waals surface area contributed by atoms with E-state index in [0.717, 1.165) is 62.3 Å². The van der Waals surface area contributed by atoms with Gasteiger partial charge in [0, 0.05) is 31.9 Å². The second-order valence-corrected chi connectivity index (χ2v) is 12.4. The molecule has 4 aromatic rings. The average Bonchev–Trinajstić information content (AvgIpc) is 3.51. The molecular formula is C28H33N7O2S. The third kappa shape index (κ3) is 3.97. The van der Waals surface area contributed by atoms with Gasteiger partial charge < -0.3 is 20.0 Å². The van der Waals surface area contributed by atoms with E-state index < -0.39 is 0 Å². The molecule has 2 unspecified atom stereocenters. The number of nitrogens with zero attached hydrogens (tertiary/aromatic N) is 6. The van der Waals surface area contributed by atoms with Gasteiger partial charge in [-0.25, -0.2) is 4.98 Å². The molecule has 0 bridgehead atoms. The highest BCUT2D eigenvalue weighted by Gasteiger charge is 2.37. The first-order chi connectivity index (χ1) is 18.5. The molecule has 0 saturated carbocycles. The van der Waals surface area contributed by atoms with E-state index in [1.165, 1.54) is 17.8 Å². The minimum atomic E-state index is -0.299. The van der Waals surface area contributed by atoms with Crippen molar-refractivity contribution in [3.05, 3.63) is 46.2 Å². The maximum Gasteiger partial charge on any atom is 0.258 e. The number of pyridine rings is 1. The third-order valence-electron chi connectivity index (χ3n) is 8.74. The summed E-state index contributed by atoms with van der Waals surface area (Å²) in [5.74, 6) is 1.64. The van der Waals surface area contributed by atoms with Gasteiger partial charge in [-0.3, -0.25) is 14.0 Å². The monoisotopic (exact) mass is 531 g/mol. The number of rotatable bonds is 3. The van der Waals surface area contributed by atoms with Gasteiger partial charge in [-0.15, -0.1) is 11.3 Å². The number of amides is 1. The van der Waals surface area contributed by atoms with E-state index in [9.17, 15) is 9.59 Å². The molecule has 38 heavy (non-hydrogen) atoms. The first-order valence-corrected chi connectivity index (χ1v) is 14.4. The Hall–Kier alpha value is -3.08. The van der Waals surface area contributed by atoms with Gasteiger partial charge in [0.05, 0.1) is 15.6 Å². The molecule has 0 spiro atoms. The van der Waals surface area contributed by atoms with Gasteiger partial charge in [-0.2, -0.15) is 4.98 Å². The number of hydrogen-bond acceptors (Lipinski definition) is 8. The van der Waals surface area contributed by atoms with Crippen molar-refractivity contribution in [3.63, 3.8) is 0 Å². The van der Waals surface area contributed by atoms with Gasteiger partial charge in [0.1, 0.15) is 10.4 Å². The van der Waals surface area contributed by atoms with Gasteiger partial charge in [0.15, 0.2) is 5.65 Å². The Kier molecular flexibility index (Phi) is 5.86. The topological polar surface area (TPSA) is 86.1 Å². The molecule has 9 nitrogen and oxygen atoms in total. The number of likely N-dealkylation sites (tertiary alicyclic amines) is 2. The zero-order chi connectivity index (χ0) is 26.0. The number of fused-ring (bicyclic) bond motifs is 6. The summed E-state index contributed by atoms with van der Waals surface area (Å²) < 4.78 is 3.02. The molecule has 0 radical (unpaired) electrons. The molecule has 10 heteroatoms. The van der Waals surface area contributed by atoms with Gasteiger partial charge >= 0.3 is 0 Å². The van der Waals surface area contributed by atoms with Crippen molar-refractivity contribution in [3.8, 4) is 0 Å². The lowest BCUT2D eigenvalue weighted by Gasteiger charge is -2.31. The number of piperidine rings is 2. The highest BCUT2D eigenvalue weighted by atomic mass is 32.1. The van der Waals surface area contributed by atoms with Crippen LogP contribution >= 0.6 is 11.3 Å². The van der Waals surface area contributed by atoms with Gasteiger partial charge in [-0.1, -0.05) is 12.1 Å². The highest BCUT2D eigenvalue weighted by molar-refractivity contribution is 7.24. The molecule has 1 amide bonds. The SMILES string of the molecule is CN1CCC(NC(=O)c2c(=O)c3cnc(N4CC5CCN(C)CC5C4)nc3n3c2sc2ccccc23)CC1. The number of carbonyl (C=O) groups is 1. The summed E-state index contributed by atoms with van der Waals surface area (Å²) in [7, 11) is 4.29. The van der Waals surface area contributed by atoms with Crippen molar-refractivity contribution in [1.82, 2.24) is 29.5 Å². The fraction of sp³-hybridized carbons (Fsp3) is 0.500. The lowest BCUT2D eigenvalue weighted by Crippen LogP contribution is -2.44. The maximum atomic E-state index is 13.9. The summed E-state index contributed by atoms with van der Waals surface area (Å²) in [5, 5.41) is 3.55. The smallest absolute Gasteiger partial charge is 0.258 e. The number of benzene rings is 1. The van der Waals surface area contributed by atoms with E-state index in [0.29, 0.717) is 33.6 Å². The van der Waals surface area contributed by atoms with Crippen LogP contribution in [0, 0.1) is 11.8 Å². The van der Waals surface area contributed by atoms with E-state index in [4.69, 9.17) is 4.98 Å². The molecule has 1 N–H and O–H groups in total. The number of para-hydroxylation sites is 1. The predicted octanol–water partition coefficient (Wildman–Crippen LogP) is 2.67. The molecule has 1 aromatic carbocycles. The number of nitrogens with one attached hydrogen (secondary N) is 1. The summed E-state index contributed by atoms with van der Waals surface area (Å²) in [6, 6.07) is 8.11. The largest absolute Gasteiger partial charge is 0.349 e. The summed E-state index contributed by atoms with van der Waals surface area (Å²) in [6.07, 6.45) is 4.60. The minimum absolute atomic E-state index is 0.0691. The average molecular weight is 532 g/mol. The molecule has 6 heterocycles. The van der Waals surface area contributed by atoms with Gasteiger partial charge in [-0.05, 0) is 77.0 Å². The second kappa shape index (κ2) is 9.29. The van der Waals surface area contributed by atoms with Crippen LogP contribution in [-0.2, 0) is 0 Å². The predicted molar refractivity (Wildman–Crippen MR) is 151 cm³/mol. The molecular weight excluding hydrogens is 498 g/mol. The lowest BCUT2D eigenvalue weighted by atomic mass is 9.89. The Labute approximate surface area is 225 Å². The van der Waals surface area contributed by atoms with E-state index >= 15 is 0 Å². The number of thiazole rings is 1. The van der Waals surface area contributed by atoms with Gasteiger partial charge in [0.2, 0.25) is 11.4 Å². The van der Waals surface area contributed by atoms with Crippen molar-refractivity contribution in [2.24, 2.45) is 11.8 Å². The number of carbonyl (C=O) groups excluding carboxylic acids is 1. The van der Waals surface area contributed by atoms with Crippen LogP contribution in [0.3, 0.4) is 0 Å². The molecule has 7 rings (SSSR count). The van der Waals surface area contributed by atoms with Crippen LogP contribution in [0.15, 0.2) is 35.3 Å². The van der Waals surface area contributed by atoms with E-state index in [-0.39, 0.29) is 22.9 Å². The lowest BCUT2D eigenvalue weighted by molar-refractivity contribution is 0.0917. The normalized spacial score (nSPS) is 23.5. The molecule has 3 aliphatic rings. The van der Waals surface area contributed by atoms with Crippen molar-refractivity contribution in [2.45, 2.75) is 25.3 Å². The molecule has 3 aromatic heterocycles. The highest BCUT2D eigenvalue weighted by Crippen LogP contribution is 2.34. The Morgan fingerprint density at radius 2 is 1.76 bits per heavy atom. The molecule has 2 atom stereocenters. The first kappa shape index (κ1) is 24.0. The number of aromatic nitrogens is 3. The fourth-order valence-electron chi connectivity index (χ4n) is 6.56. The Morgan fingerprint density at radius 3 is 2.61 bits per heavy atom. The Bertz CT molecular complexity index is 1610. The van der Waals surface area contributed by atoms with Crippen molar-refractivity contribution in [1.29, 1.82) is 0 Å². The molecule has 198 valence electrons. The van der Waals surface area contributed by atoms with Crippen molar-refractivity contribution < 1.29 is 4.79 Å². The second-order valence-electron chi connectivity index (χ2n) is 11.3. The van der Waals surface area contributed by atoms with Crippen LogP contribution in [0.5, 0.6) is 0 Å². The fourth-order valence-corrected chi connectivity index (χ4v) is 7.75. The van der Waals surface area contributed by atoms with E-state index in [1.807, 2.05) is 28.7 Å². The van der Waals surface area contributed by atoms with E-state index in [1.54, 1.807) is 6.20 Å². The standard InChI is InChI=1S/C28H33N7O2S/c1-32-11-8-19(9-12-32)30-26(37)23-24(36)20-13-29-28(34-15-17-7-10-33(2)14-18(17)16-34)31-25(20)35-21-5-3-4-6-22(21)38-27(23)35/h3-6,13,17-19H,7-12,14-16H2,1-2H3,(H,30,37). The quantitative estimate of drug-likeness (QED) is 0.435. The van der Waals surface area contributed by atoms with Crippen molar-refractivity contribution >= 4 is 49.3 Å². The Morgan fingerprint density at radius 1 is 1.00 bits per heavy atom. The maximum absolute atomic E-state index is 13.9. The number of anilines is 1. The first-order valence-electron chi connectivity index (χ1n) is 13.6. The van der Waals surface area contributed by atoms with Crippen LogP contribution in [0.4, 0.5) is 5.95 Å². The third-order valence-corrected chi connectivity index (χ3v) is 9.88. The van der Waals surface area contributed by atoms with Crippen LogP contribution in [0.2, 0.25) is 0 Å². The summed E-state index contributed by atoms with van der Waals surface area (Å²) in [4.78, 5) is 44.7. The molecule has 3 saturated heterocycles.